The van der Waals surface area contributed by atoms with Crippen LogP contribution in [0.4, 0.5) is 0 Å². The van der Waals surface area contributed by atoms with Gasteiger partial charge in [0.15, 0.2) is 0 Å². The second kappa shape index (κ2) is 19.4. The molecule has 0 nitrogen and oxygen atoms in total. The molecule has 1 heteroatoms. The molecule has 31 heavy (non-hydrogen) atoms. The minimum atomic E-state index is 0. The van der Waals surface area contributed by atoms with E-state index in [0.717, 1.165) is 0 Å². The summed E-state index contributed by atoms with van der Waals surface area (Å²) in [4.78, 5) is 0. The molecule has 2 aromatic rings. The van der Waals surface area contributed by atoms with Gasteiger partial charge < -0.3 is 0 Å². The minimum absolute atomic E-state index is 0. The Hall–Kier alpha value is -0.0403. The molecule has 0 unspecified atom stereocenters. The summed E-state index contributed by atoms with van der Waals surface area (Å²) in [6.07, 6.45) is 25.0. The Kier molecular flexibility index (Phi) is 18.2. The summed E-state index contributed by atoms with van der Waals surface area (Å²) >= 11 is 0. The van der Waals surface area contributed by atoms with Crippen molar-refractivity contribution in [2.24, 2.45) is 0 Å². The fraction of sp³-hybridized carbons (Fsp3) is 0.667. The van der Waals surface area contributed by atoms with Crippen molar-refractivity contribution in [1.29, 1.82) is 0 Å². The van der Waals surface area contributed by atoms with E-state index in [2.05, 4.69) is 50.2 Å². The average Bonchev–Trinajstić information content (AvgIpc) is 2.78. The van der Waals surface area contributed by atoms with Crippen molar-refractivity contribution in [2.75, 3.05) is 0 Å². The summed E-state index contributed by atoms with van der Waals surface area (Å²) in [7, 11) is 0. The first-order valence-corrected chi connectivity index (χ1v) is 13.4. The van der Waals surface area contributed by atoms with Crippen LogP contribution in [0.2, 0.25) is 0 Å². The summed E-state index contributed by atoms with van der Waals surface area (Å²) in [5, 5.41) is 2.93. The second-order valence-corrected chi connectivity index (χ2v) is 9.37. The van der Waals surface area contributed by atoms with Crippen molar-refractivity contribution in [3.05, 3.63) is 47.5 Å². The summed E-state index contributed by atoms with van der Waals surface area (Å²) in [5.74, 6) is 0. The quantitative estimate of drug-likeness (QED) is 0.157. The molecule has 2 aromatic carbocycles. The Morgan fingerprint density at radius 2 is 0.968 bits per heavy atom. The van der Waals surface area contributed by atoms with E-state index in [-0.39, 0.29) is 37.7 Å². The van der Waals surface area contributed by atoms with Crippen LogP contribution in [0.3, 0.4) is 0 Å². The number of aryl methyl sites for hydroxylation is 2. The van der Waals surface area contributed by atoms with Crippen LogP contribution in [0, 0.1) is 0 Å². The predicted octanol–water partition coefficient (Wildman–Crippen LogP) is 9.83. The zero-order valence-corrected chi connectivity index (χ0v) is 23.1. The van der Waals surface area contributed by atoms with Gasteiger partial charge in [0.2, 0.25) is 0 Å². The van der Waals surface area contributed by atoms with Crippen LogP contribution < -0.4 is 0 Å². The molecule has 0 N–H and O–H groups in total. The molecule has 0 atom stereocenters. The summed E-state index contributed by atoms with van der Waals surface area (Å²) < 4.78 is 0. The molecule has 0 saturated carbocycles. The van der Waals surface area contributed by atoms with Gasteiger partial charge in [0.05, 0.1) is 0 Å². The molecule has 0 heterocycles. The van der Waals surface area contributed by atoms with Crippen molar-refractivity contribution in [1.82, 2.24) is 0 Å². The smallest absolute Gasteiger partial charge is 0 e. The van der Waals surface area contributed by atoms with Crippen LogP contribution >= 0.6 is 0 Å². The van der Waals surface area contributed by atoms with E-state index in [1.54, 1.807) is 11.1 Å². The molecule has 0 aliphatic heterocycles. The van der Waals surface area contributed by atoms with Gasteiger partial charge >= 0.3 is 0 Å². The Morgan fingerprint density at radius 1 is 0.484 bits per heavy atom. The van der Waals surface area contributed by atoms with Crippen molar-refractivity contribution >= 4 is 48.5 Å². The van der Waals surface area contributed by atoms with Crippen LogP contribution in [0.25, 0.3) is 10.8 Å². The second-order valence-electron chi connectivity index (χ2n) is 9.37. The number of rotatable bonds is 18. The molecule has 0 fully saturated rings. The zero-order chi connectivity index (χ0) is 21.3. The number of unbranched alkanes of at least 4 members (excludes halogenated alkanes) is 14. The molecule has 2 rings (SSSR count). The van der Waals surface area contributed by atoms with Gasteiger partial charge in [-0.3, -0.25) is 0 Å². The van der Waals surface area contributed by atoms with Crippen molar-refractivity contribution in [3.8, 4) is 0 Å². The third-order valence-electron chi connectivity index (χ3n) is 6.72. The first kappa shape index (κ1) is 29.0. The molecule has 0 aliphatic rings. The van der Waals surface area contributed by atoms with E-state index in [1.165, 1.54) is 126 Å². The van der Waals surface area contributed by atoms with Crippen molar-refractivity contribution in [3.63, 3.8) is 0 Å². The fourth-order valence-corrected chi connectivity index (χ4v) is 4.80. The normalized spacial score (nSPS) is 11.0. The first-order chi connectivity index (χ1) is 14.9. The minimum Gasteiger partial charge on any atom is -0.0654 e. The third kappa shape index (κ3) is 12.1. The van der Waals surface area contributed by atoms with E-state index < -0.39 is 0 Å². The van der Waals surface area contributed by atoms with E-state index in [1.807, 2.05) is 0 Å². The molecule has 2 radical (unpaired) electrons. The van der Waals surface area contributed by atoms with Gasteiger partial charge in [0.25, 0.3) is 0 Å². The number of benzene rings is 2. The molecule has 0 saturated heterocycles. The topological polar surface area (TPSA) is 0 Å². The van der Waals surface area contributed by atoms with E-state index in [0.29, 0.717) is 0 Å². The maximum absolute atomic E-state index is 2.43. The molecule has 170 valence electrons. The summed E-state index contributed by atoms with van der Waals surface area (Å²) in [6.45, 7) is 4.60. The number of hydrogen-bond donors (Lipinski definition) is 0. The zero-order valence-electron chi connectivity index (χ0n) is 20.9. The van der Waals surface area contributed by atoms with Crippen molar-refractivity contribution < 1.29 is 0 Å². The van der Waals surface area contributed by atoms with Crippen LogP contribution in [0.5, 0.6) is 0 Å². The molecule has 0 bridgehead atoms. The van der Waals surface area contributed by atoms with Gasteiger partial charge in [-0.25, -0.2) is 0 Å². The Bertz CT molecular complexity index is 675. The standard InChI is InChI=1S/C30H48.Ca/c1-3-5-7-9-11-13-15-17-21-27-25-26-28-22-19-20-24-30(28)29(27)23-18-16-14-12-10-8-6-4-2;/h19-20,22,24-26H,3-18,21,23H2,1-2H3;. The average molecular weight is 449 g/mol. The van der Waals surface area contributed by atoms with Gasteiger partial charge in [0, 0.05) is 37.7 Å². The SMILES string of the molecule is CCCCCCCCCCc1ccc2ccccc2c1CCCCCCCCCC.[Ca]. The maximum atomic E-state index is 2.43. The molecule has 0 spiro atoms. The molecular weight excluding hydrogens is 400 g/mol. The molecule has 0 aromatic heterocycles. The largest absolute Gasteiger partial charge is 0.0654 e. The molecular formula is C30H48Ca. The Balaban J connectivity index is 0.00000480. The third-order valence-corrected chi connectivity index (χ3v) is 6.72. The van der Waals surface area contributed by atoms with Crippen molar-refractivity contribution in [2.45, 2.75) is 129 Å². The van der Waals surface area contributed by atoms with E-state index in [4.69, 9.17) is 0 Å². The van der Waals surface area contributed by atoms with E-state index >= 15 is 0 Å². The van der Waals surface area contributed by atoms with Crippen LogP contribution in [0.1, 0.15) is 128 Å². The summed E-state index contributed by atoms with van der Waals surface area (Å²) in [5.41, 5.74) is 3.28. The summed E-state index contributed by atoms with van der Waals surface area (Å²) in [6, 6.07) is 13.8. The Morgan fingerprint density at radius 3 is 1.55 bits per heavy atom. The Labute approximate surface area is 224 Å². The van der Waals surface area contributed by atoms with Crippen LogP contribution in [-0.4, -0.2) is 37.7 Å². The van der Waals surface area contributed by atoms with Gasteiger partial charge in [-0.05, 0) is 47.6 Å². The fourth-order valence-electron chi connectivity index (χ4n) is 4.80. The van der Waals surface area contributed by atoms with E-state index in [9.17, 15) is 0 Å². The van der Waals surface area contributed by atoms with Gasteiger partial charge in [-0.1, -0.05) is 140 Å². The van der Waals surface area contributed by atoms with Crippen LogP contribution in [-0.2, 0) is 12.8 Å². The van der Waals surface area contributed by atoms with Crippen LogP contribution in [0.15, 0.2) is 36.4 Å². The first-order valence-electron chi connectivity index (χ1n) is 13.4. The molecule has 0 aliphatic carbocycles. The number of fused-ring (bicyclic) bond motifs is 1. The predicted molar refractivity (Wildman–Crippen MR) is 142 cm³/mol. The monoisotopic (exact) mass is 448 g/mol. The maximum Gasteiger partial charge on any atom is 0 e. The van der Waals surface area contributed by atoms with Gasteiger partial charge in [-0.15, -0.1) is 0 Å². The molecule has 0 amide bonds. The van der Waals surface area contributed by atoms with Gasteiger partial charge in [0.1, 0.15) is 0 Å². The number of hydrogen-bond acceptors (Lipinski definition) is 0. The van der Waals surface area contributed by atoms with Gasteiger partial charge in [-0.2, -0.15) is 0 Å².